The lowest BCUT2D eigenvalue weighted by atomic mass is 10.2. The number of nitrogens with zero attached hydrogens (tertiary/aromatic N) is 1. The van der Waals surface area contributed by atoms with Crippen LogP contribution in [0, 0.1) is 0 Å². The SMILES string of the molecule is NS(=O)(=O)O.c1ccc2ncccc2c1. The predicted octanol–water partition coefficient (Wildman–Crippen LogP) is 0.983. The van der Waals surface area contributed by atoms with Gasteiger partial charge in [-0.3, -0.25) is 9.54 Å². The van der Waals surface area contributed by atoms with E-state index in [2.05, 4.69) is 22.3 Å². The first-order valence-corrected chi connectivity index (χ1v) is 5.52. The molecule has 5 nitrogen and oxygen atoms in total. The minimum absolute atomic E-state index is 1.06. The van der Waals surface area contributed by atoms with Crippen molar-refractivity contribution in [2.45, 2.75) is 0 Å². The van der Waals surface area contributed by atoms with Crippen molar-refractivity contribution in [1.29, 1.82) is 0 Å². The van der Waals surface area contributed by atoms with Crippen molar-refractivity contribution in [1.82, 2.24) is 4.98 Å². The van der Waals surface area contributed by atoms with E-state index < -0.39 is 10.3 Å². The van der Waals surface area contributed by atoms with Crippen LogP contribution < -0.4 is 5.14 Å². The molecule has 0 atom stereocenters. The fourth-order valence-corrected chi connectivity index (χ4v) is 1.02. The average molecular weight is 226 g/mol. The topological polar surface area (TPSA) is 93.3 Å². The second-order valence-corrected chi connectivity index (χ2v) is 3.74. The Morgan fingerprint density at radius 2 is 1.67 bits per heavy atom. The van der Waals surface area contributed by atoms with Crippen LogP contribution in [0.3, 0.4) is 0 Å². The summed E-state index contributed by atoms with van der Waals surface area (Å²) < 4.78 is 25.2. The molecule has 0 aliphatic carbocycles. The van der Waals surface area contributed by atoms with Crippen LogP contribution in [0.1, 0.15) is 0 Å². The van der Waals surface area contributed by atoms with E-state index in [1.807, 2.05) is 30.5 Å². The monoisotopic (exact) mass is 226 g/mol. The summed E-state index contributed by atoms with van der Waals surface area (Å²) in [4.78, 5) is 4.18. The number of nitrogens with two attached hydrogens (primary N) is 1. The van der Waals surface area contributed by atoms with Crippen molar-refractivity contribution in [3.63, 3.8) is 0 Å². The van der Waals surface area contributed by atoms with Crippen LogP contribution >= 0.6 is 0 Å². The molecule has 0 saturated heterocycles. The van der Waals surface area contributed by atoms with Gasteiger partial charge in [0.25, 0.3) is 0 Å². The zero-order valence-corrected chi connectivity index (χ0v) is 8.55. The van der Waals surface area contributed by atoms with Crippen LogP contribution in [0.2, 0.25) is 0 Å². The van der Waals surface area contributed by atoms with Gasteiger partial charge in [0.2, 0.25) is 0 Å². The summed E-state index contributed by atoms with van der Waals surface area (Å²) in [5, 5.41) is 5.08. The molecule has 1 aromatic heterocycles. The molecule has 3 N–H and O–H groups in total. The van der Waals surface area contributed by atoms with Crippen LogP contribution in [0.4, 0.5) is 0 Å². The Hall–Kier alpha value is -1.50. The summed E-state index contributed by atoms with van der Waals surface area (Å²) in [5.74, 6) is 0. The third kappa shape index (κ3) is 5.06. The molecule has 0 fully saturated rings. The number of para-hydroxylation sites is 1. The van der Waals surface area contributed by atoms with Gasteiger partial charge in [-0.2, -0.15) is 8.42 Å². The van der Waals surface area contributed by atoms with Crippen LogP contribution in [0.5, 0.6) is 0 Å². The van der Waals surface area contributed by atoms with Crippen molar-refractivity contribution in [2.75, 3.05) is 0 Å². The lowest BCUT2D eigenvalue weighted by Crippen LogP contribution is -2.08. The molecular formula is C9H10N2O3S. The zero-order valence-electron chi connectivity index (χ0n) is 7.74. The standard InChI is InChI=1S/C9H7N.H3NO3S/c1-2-6-9-8(4-1)5-3-7-10-9;1-5(2,3)4/h1-7H;(H3,1,2,3,4). The number of hydrogen-bond acceptors (Lipinski definition) is 3. The average Bonchev–Trinajstić information content (AvgIpc) is 2.16. The van der Waals surface area contributed by atoms with Gasteiger partial charge < -0.3 is 0 Å². The third-order valence-electron chi connectivity index (χ3n) is 1.51. The highest BCUT2D eigenvalue weighted by Crippen LogP contribution is 2.07. The highest BCUT2D eigenvalue weighted by atomic mass is 32.2. The van der Waals surface area contributed by atoms with Crippen molar-refractivity contribution < 1.29 is 13.0 Å². The molecule has 0 spiro atoms. The third-order valence-corrected chi connectivity index (χ3v) is 1.51. The predicted molar refractivity (Wildman–Crippen MR) is 57.5 cm³/mol. The molecule has 0 amide bonds. The minimum atomic E-state index is -4.17. The summed E-state index contributed by atoms with van der Waals surface area (Å²) in [6, 6.07) is 12.1. The largest absolute Gasteiger partial charge is 0.330 e. The van der Waals surface area contributed by atoms with Crippen molar-refractivity contribution in [3.05, 3.63) is 42.6 Å². The quantitative estimate of drug-likeness (QED) is 0.655. The molecule has 0 aliphatic heterocycles. The number of aromatic nitrogens is 1. The van der Waals surface area contributed by atoms with E-state index in [9.17, 15) is 0 Å². The van der Waals surface area contributed by atoms with Crippen molar-refractivity contribution in [3.8, 4) is 0 Å². The van der Waals surface area contributed by atoms with Crippen molar-refractivity contribution >= 4 is 21.2 Å². The maximum absolute atomic E-state index is 8.97. The second kappa shape index (κ2) is 4.83. The van der Waals surface area contributed by atoms with Gasteiger partial charge in [-0.1, -0.05) is 24.3 Å². The lowest BCUT2D eigenvalue weighted by molar-refractivity contribution is 0.485. The van der Waals surface area contributed by atoms with E-state index in [-0.39, 0.29) is 0 Å². The van der Waals surface area contributed by atoms with Gasteiger partial charge in [-0.05, 0) is 12.1 Å². The molecule has 2 rings (SSSR count). The van der Waals surface area contributed by atoms with Gasteiger partial charge in [0.1, 0.15) is 0 Å². The summed E-state index contributed by atoms with van der Waals surface area (Å²) in [5.41, 5.74) is 1.06. The van der Waals surface area contributed by atoms with Gasteiger partial charge in [-0.25, -0.2) is 5.14 Å². The highest BCUT2D eigenvalue weighted by molar-refractivity contribution is 7.83. The molecular weight excluding hydrogens is 216 g/mol. The minimum Gasteiger partial charge on any atom is -0.274 e. The van der Waals surface area contributed by atoms with E-state index in [4.69, 9.17) is 13.0 Å². The Morgan fingerprint density at radius 3 is 2.27 bits per heavy atom. The Kier molecular flexibility index (Phi) is 3.73. The molecule has 1 heterocycles. The fraction of sp³-hybridized carbons (Fsp3) is 0. The summed E-state index contributed by atoms with van der Waals surface area (Å²) >= 11 is 0. The maximum Gasteiger partial charge on any atom is 0.330 e. The van der Waals surface area contributed by atoms with Gasteiger partial charge >= 0.3 is 10.3 Å². The molecule has 2 aromatic rings. The molecule has 0 unspecified atom stereocenters. The number of rotatable bonds is 0. The number of benzene rings is 1. The summed E-state index contributed by atoms with van der Waals surface area (Å²) in [6.45, 7) is 0. The molecule has 15 heavy (non-hydrogen) atoms. The van der Waals surface area contributed by atoms with Crippen LogP contribution in [-0.4, -0.2) is 18.0 Å². The summed E-state index contributed by atoms with van der Waals surface area (Å²) in [6.07, 6.45) is 1.81. The second-order valence-electron chi connectivity index (χ2n) is 2.71. The zero-order chi connectivity index (χ0) is 11.3. The Balaban J connectivity index is 0.000000195. The van der Waals surface area contributed by atoms with E-state index in [1.54, 1.807) is 0 Å². The number of hydrogen-bond donors (Lipinski definition) is 2. The normalized spacial score (nSPS) is 10.5. The van der Waals surface area contributed by atoms with E-state index >= 15 is 0 Å². The number of fused-ring (bicyclic) bond motifs is 1. The Labute approximate surface area is 87.4 Å². The number of pyridine rings is 1. The first kappa shape index (κ1) is 11.6. The first-order chi connectivity index (χ1) is 6.97. The fourth-order valence-electron chi connectivity index (χ4n) is 1.02. The molecule has 0 aliphatic rings. The summed E-state index contributed by atoms with van der Waals surface area (Å²) in [7, 11) is -4.17. The maximum atomic E-state index is 8.97. The van der Waals surface area contributed by atoms with Gasteiger partial charge in [0.15, 0.2) is 0 Å². The van der Waals surface area contributed by atoms with Gasteiger partial charge in [-0.15, -0.1) is 0 Å². The van der Waals surface area contributed by atoms with Crippen LogP contribution in [0.25, 0.3) is 10.9 Å². The first-order valence-electron chi connectivity index (χ1n) is 4.02. The van der Waals surface area contributed by atoms with Gasteiger partial charge in [0, 0.05) is 11.6 Å². The highest BCUT2D eigenvalue weighted by Gasteiger charge is 1.86. The molecule has 80 valence electrons. The van der Waals surface area contributed by atoms with E-state index in [0.717, 1.165) is 5.52 Å². The Bertz CT molecular complexity index is 466. The van der Waals surface area contributed by atoms with Crippen LogP contribution in [0.15, 0.2) is 42.6 Å². The smallest absolute Gasteiger partial charge is 0.274 e. The van der Waals surface area contributed by atoms with Gasteiger partial charge in [0.05, 0.1) is 5.52 Å². The molecule has 0 saturated carbocycles. The molecule has 0 radical (unpaired) electrons. The Morgan fingerprint density at radius 1 is 1.13 bits per heavy atom. The molecule has 6 heteroatoms. The molecule has 1 aromatic carbocycles. The lowest BCUT2D eigenvalue weighted by Gasteiger charge is -1.91. The van der Waals surface area contributed by atoms with E-state index in [1.165, 1.54) is 5.39 Å². The van der Waals surface area contributed by atoms with Crippen LogP contribution in [-0.2, 0) is 10.3 Å². The van der Waals surface area contributed by atoms with E-state index in [0.29, 0.717) is 0 Å². The van der Waals surface area contributed by atoms with Crippen molar-refractivity contribution in [2.24, 2.45) is 5.14 Å². The molecule has 0 bridgehead atoms.